The molecule has 0 amide bonds. The van der Waals surface area contributed by atoms with E-state index in [0.717, 1.165) is 17.8 Å². The molecule has 60 valence electrons. The van der Waals surface area contributed by atoms with Gasteiger partial charge in [0.2, 0.25) is 0 Å². The van der Waals surface area contributed by atoms with Crippen LogP contribution in [-0.2, 0) is 0 Å². The second-order valence-corrected chi connectivity index (χ2v) is 3.16. The third-order valence-corrected chi connectivity index (χ3v) is 1.43. The fourth-order valence-corrected chi connectivity index (χ4v) is 0.941. The maximum Gasteiger partial charge on any atom is 0.0566 e. The van der Waals surface area contributed by atoms with Crippen molar-refractivity contribution >= 4 is 6.21 Å². The predicted octanol–water partition coefficient (Wildman–Crippen LogP) is 2.06. The van der Waals surface area contributed by atoms with Crippen molar-refractivity contribution in [1.82, 2.24) is 5.32 Å². The second-order valence-electron chi connectivity index (χ2n) is 3.16. The molecule has 2 heteroatoms. The van der Waals surface area contributed by atoms with Gasteiger partial charge in [-0.15, -0.1) is 0 Å². The number of nitrogens with one attached hydrogen (secondary N) is 1. The van der Waals surface area contributed by atoms with Crippen LogP contribution in [0.1, 0.15) is 20.3 Å². The normalized spacial score (nSPS) is 16.6. The zero-order chi connectivity index (χ0) is 8.27. The number of allylic oxidation sites excluding steroid dienone is 2. The quantitative estimate of drug-likeness (QED) is 0.640. The Morgan fingerprint density at radius 2 is 2.36 bits per heavy atom. The largest absolute Gasteiger partial charge is 0.359 e. The molecule has 2 nitrogen and oxygen atoms in total. The second kappa shape index (κ2) is 3.37. The number of nitrogens with zero attached hydrogens (tertiary/aromatic N) is 1. The van der Waals surface area contributed by atoms with Gasteiger partial charge in [-0.3, -0.25) is 4.99 Å². The van der Waals surface area contributed by atoms with Crippen LogP contribution in [0, 0.1) is 5.92 Å². The fraction of sp³-hybridized carbons (Fsp3) is 0.444. The standard InChI is InChI=1S/C9H14N2/c1-7(2)4-9-6-10-8(3)5-11-9/h5-7,10H,3-4H2,1-2H3. The lowest BCUT2D eigenvalue weighted by Crippen LogP contribution is -2.10. The first-order valence-corrected chi connectivity index (χ1v) is 3.87. The Balaban J connectivity index is 2.50. The highest BCUT2D eigenvalue weighted by Gasteiger charge is 2.02. The summed E-state index contributed by atoms with van der Waals surface area (Å²) >= 11 is 0. The van der Waals surface area contributed by atoms with Gasteiger partial charge in [-0.05, 0) is 12.3 Å². The number of rotatable bonds is 2. The molecule has 0 unspecified atom stereocenters. The number of hydrogen-bond donors (Lipinski definition) is 1. The minimum absolute atomic E-state index is 0.659. The summed E-state index contributed by atoms with van der Waals surface area (Å²) in [7, 11) is 0. The van der Waals surface area contributed by atoms with Gasteiger partial charge in [0.25, 0.3) is 0 Å². The lowest BCUT2D eigenvalue weighted by atomic mass is 10.1. The van der Waals surface area contributed by atoms with Gasteiger partial charge >= 0.3 is 0 Å². The van der Waals surface area contributed by atoms with Crippen molar-refractivity contribution in [2.75, 3.05) is 0 Å². The number of aliphatic imine (C=N–C) groups is 1. The first kappa shape index (κ1) is 8.05. The Hall–Kier alpha value is -1.05. The van der Waals surface area contributed by atoms with E-state index in [1.807, 2.05) is 6.20 Å². The van der Waals surface area contributed by atoms with E-state index < -0.39 is 0 Å². The van der Waals surface area contributed by atoms with E-state index in [0.29, 0.717) is 5.92 Å². The van der Waals surface area contributed by atoms with Crippen molar-refractivity contribution in [2.45, 2.75) is 20.3 Å². The molecular weight excluding hydrogens is 136 g/mol. The Labute approximate surface area is 67.7 Å². The molecule has 0 radical (unpaired) electrons. The molecule has 0 atom stereocenters. The fourth-order valence-electron chi connectivity index (χ4n) is 0.941. The monoisotopic (exact) mass is 150 g/mol. The van der Waals surface area contributed by atoms with Gasteiger partial charge in [0.15, 0.2) is 0 Å². The molecule has 0 bridgehead atoms. The summed E-state index contributed by atoms with van der Waals surface area (Å²) in [6.07, 6.45) is 4.71. The van der Waals surface area contributed by atoms with Gasteiger partial charge in [0, 0.05) is 11.9 Å². The van der Waals surface area contributed by atoms with Crippen molar-refractivity contribution in [1.29, 1.82) is 0 Å². The van der Waals surface area contributed by atoms with Gasteiger partial charge in [-0.1, -0.05) is 20.4 Å². The van der Waals surface area contributed by atoms with Crippen LogP contribution in [0.25, 0.3) is 0 Å². The van der Waals surface area contributed by atoms with Crippen molar-refractivity contribution in [3.8, 4) is 0 Å². The smallest absolute Gasteiger partial charge is 0.0566 e. The molecule has 0 saturated heterocycles. The zero-order valence-electron chi connectivity index (χ0n) is 7.09. The molecule has 1 heterocycles. The van der Waals surface area contributed by atoms with Crippen LogP contribution in [0.4, 0.5) is 0 Å². The SMILES string of the molecule is C=C1C=NC(CC(C)C)=CN1. The average Bonchev–Trinajstić information content (AvgIpc) is 1.93. The van der Waals surface area contributed by atoms with Crippen molar-refractivity contribution < 1.29 is 0 Å². The Morgan fingerprint density at radius 1 is 1.64 bits per heavy atom. The number of hydrogen-bond acceptors (Lipinski definition) is 2. The minimum atomic E-state index is 0.659. The summed E-state index contributed by atoms with van der Waals surface area (Å²) in [5.41, 5.74) is 1.96. The zero-order valence-corrected chi connectivity index (χ0v) is 7.09. The Bertz CT molecular complexity index is 212. The predicted molar refractivity (Wildman–Crippen MR) is 48.3 cm³/mol. The van der Waals surface area contributed by atoms with Crippen LogP contribution >= 0.6 is 0 Å². The Morgan fingerprint density at radius 3 is 2.82 bits per heavy atom. The Kier molecular flexibility index (Phi) is 2.47. The molecule has 0 saturated carbocycles. The van der Waals surface area contributed by atoms with Crippen molar-refractivity contribution in [3.05, 3.63) is 24.2 Å². The molecule has 1 rings (SSSR count). The summed E-state index contributed by atoms with van der Waals surface area (Å²) in [5.74, 6) is 0.659. The highest BCUT2D eigenvalue weighted by Crippen LogP contribution is 2.12. The summed E-state index contributed by atoms with van der Waals surface area (Å²) in [4.78, 5) is 4.22. The summed E-state index contributed by atoms with van der Waals surface area (Å²) in [6.45, 7) is 8.08. The van der Waals surface area contributed by atoms with Crippen molar-refractivity contribution in [2.24, 2.45) is 10.9 Å². The van der Waals surface area contributed by atoms with E-state index in [2.05, 4.69) is 30.7 Å². The maximum absolute atomic E-state index is 4.22. The first-order valence-electron chi connectivity index (χ1n) is 3.87. The molecule has 0 fully saturated rings. The van der Waals surface area contributed by atoms with Crippen LogP contribution in [0.5, 0.6) is 0 Å². The van der Waals surface area contributed by atoms with Crippen LogP contribution in [0.2, 0.25) is 0 Å². The molecule has 1 N–H and O–H groups in total. The third-order valence-electron chi connectivity index (χ3n) is 1.43. The molecule has 1 aliphatic rings. The topological polar surface area (TPSA) is 24.4 Å². The van der Waals surface area contributed by atoms with Gasteiger partial charge in [0.05, 0.1) is 11.9 Å². The summed E-state index contributed by atoms with van der Waals surface area (Å²) < 4.78 is 0. The third kappa shape index (κ3) is 2.58. The molecule has 0 aromatic heterocycles. The van der Waals surface area contributed by atoms with E-state index in [1.54, 1.807) is 6.21 Å². The van der Waals surface area contributed by atoms with Crippen LogP contribution in [0.15, 0.2) is 29.2 Å². The van der Waals surface area contributed by atoms with E-state index >= 15 is 0 Å². The van der Waals surface area contributed by atoms with Gasteiger partial charge in [-0.25, -0.2) is 0 Å². The molecule has 0 aromatic carbocycles. The molecule has 11 heavy (non-hydrogen) atoms. The summed E-state index contributed by atoms with van der Waals surface area (Å²) in [5, 5.41) is 3.03. The highest BCUT2D eigenvalue weighted by molar-refractivity contribution is 5.79. The molecule has 0 spiro atoms. The lowest BCUT2D eigenvalue weighted by molar-refractivity contribution is 0.635. The average molecular weight is 150 g/mol. The van der Waals surface area contributed by atoms with Gasteiger partial charge < -0.3 is 5.32 Å². The van der Waals surface area contributed by atoms with E-state index in [-0.39, 0.29) is 0 Å². The first-order chi connectivity index (χ1) is 5.18. The van der Waals surface area contributed by atoms with Crippen molar-refractivity contribution in [3.63, 3.8) is 0 Å². The van der Waals surface area contributed by atoms with E-state index in [1.165, 1.54) is 0 Å². The molecule has 0 aromatic rings. The van der Waals surface area contributed by atoms with Crippen LogP contribution in [-0.4, -0.2) is 6.21 Å². The van der Waals surface area contributed by atoms with E-state index in [4.69, 9.17) is 0 Å². The minimum Gasteiger partial charge on any atom is -0.359 e. The lowest BCUT2D eigenvalue weighted by Gasteiger charge is -2.10. The molecular formula is C9H14N2. The van der Waals surface area contributed by atoms with Crippen LogP contribution in [0.3, 0.4) is 0 Å². The maximum atomic E-state index is 4.22. The highest BCUT2D eigenvalue weighted by atomic mass is 14.9. The van der Waals surface area contributed by atoms with E-state index in [9.17, 15) is 0 Å². The molecule has 1 aliphatic heterocycles. The summed E-state index contributed by atoms with van der Waals surface area (Å²) in [6, 6.07) is 0. The van der Waals surface area contributed by atoms with Gasteiger partial charge in [-0.2, -0.15) is 0 Å². The van der Waals surface area contributed by atoms with Gasteiger partial charge in [0.1, 0.15) is 0 Å². The van der Waals surface area contributed by atoms with Crippen LogP contribution < -0.4 is 5.32 Å². The molecule has 0 aliphatic carbocycles.